The summed E-state index contributed by atoms with van der Waals surface area (Å²) in [6.45, 7) is 4.89. The van der Waals surface area contributed by atoms with Gasteiger partial charge < -0.3 is 5.32 Å². The second-order valence-corrected chi connectivity index (χ2v) is 5.45. The summed E-state index contributed by atoms with van der Waals surface area (Å²) in [7, 11) is 1.67. The molecule has 0 bridgehead atoms. The Balaban J connectivity index is 2.09. The molecule has 5 heteroatoms. The largest absolute Gasteiger partial charge is 0.372 e. The Labute approximate surface area is 123 Å². The van der Waals surface area contributed by atoms with Gasteiger partial charge in [0.05, 0.1) is 5.56 Å². The van der Waals surface area contributed by atoms with Crippen molar-refractivity contribution in [2.45, 2.75) is 26.3 Å². The highest BCUT2D eigenvalue weighted by atomic mass is 32.1. The summed E-state index contributed by atoms with van der Waals surface area (Å²) < 4.78 is 15.0. The van der Waals surface area contributed by atoms with E-state index in [1.165, 1.54) is 15.8 Å². The molecule has 0 saturated heterocycles. The lowest BCUT2D eigenvalue weighted by molar-refractivity contribution is 0.552. The molecule has 0 saturated carbocycles. The highest BCUT2D eigenvalue weighted by Gasteiger charge is 2.12. The van der Waals surface area contributed by atoms with Crippen molar-refractivity contribution in [3.05, 3.63) is 53.1 Å². The van der Waals surface area contributed by atoms with Crippen LogP contribution in [0.2, 0.25) is 0 Å². The van der Waals surface area contributed by atoms with E-state index in [1.54, 1.807) is 13.2 Å². The van der Waals surface area contributed by atoms with E-state index in [0.29, 0.717) is 23.0 Å². The Morgan fingerprint density at radius 1 is 1.40 bits per heavy atom. The molecule has 0 fully saturated rings. The predicted molar refractivity (Wildman–Crippen MR) is 82.2 cm³/mol. The van der Waals surface area contributed by atoms with Gasteiger partial charge in [-0.1, -0.05) is 50.3 Å². The molecule has 2 aromatic rings. The molecule has 1 aromatic heterocycles. The zero-order valence-electron chi connectivity index (χ0n) is 11.9. The summed E-state index contributed by atoms with van der Waals surface area (Å²) in [5, 5.41) is 6.76. The first kappa shape index (κ1) is 14.7. The molecule has 0 aliphatic rings. The maximum absolute atomic E-state index is 13.5. The molecular formula is C15H18FN3S. The Bertz CT molecular complexity index is 619. The van der Waals surface area contributed by atoms with Crippen molar-refractivity contribution in [1.82, 2.24) is 15.1 Å². The van der Waals surface area contributed by atoms with Crippen LogP contribution in [0, 0.1) is 5.95 Å². The highest BCUT2D eigenvalue weighted by molar-refractivity contribution is 7.80. The first-order chi connectivity index (χ1) is 9.49. The fourth-order valence-corrected chi connectivity index (χ4v) is 2.35. The minimum absolute atomic E-state index is 0.338. The minimum atomic E-state index is -0.540. The van der Waals surface area contributed by atoms with Crippen molar-refractivity contribution in [1.29, 1.82) is 0 Å². The fourth-order valence-electron chi connectivity index (χ4n) is 2.14. The quantitative estimate of drug-likeness (QED) is 0.878. The van der Waals surface area contributed by atoms with Crippen LogP contribution in [0.25, 0.3) is 0 Å². The van der Waals surface area contributed by atoms with E-state index in [0.717, 1.165) is 0 Å². The molecule has 3 nitrogen and oxygen atoms in total. The van der Waals surface area contributed by atoms with Crippen LogP contribution in [0.3, 0.4) is 0 Å². The zero-order chi connectivity index (χ0) is 14.7. The lowest BCUT2D eigenvalue weighted by Gasteiger charge is -2.13. The molecule has 1 aromatic carbocycles. The van der Waals surface area contributed by atoms with Crippen molar-refractivity contribution >= 4 is 17.2 Å². The molecule has 2 rings (SSSR count). The third-order valence-electron chi connectivity index (χ3n) is 3.14. The van der Waals surface area contributed by atoms with Gasteiger partial charge >= 0.3 is 0 Å². The number of thiocarbonyl (C=S) groups is 1. The molecule has 0 aliphatic carbocycles. The maximum atomic E-state index is 13.5. The topological polar surface area (TPSA) is 29.9 Å². The van der Waals surface area contributed by atoms with Crippen LogP contribution in [0.1, 0.15) is 36.5 Å². The number of halogens is 1. The number of nitrogens with one attached hydrogen (secondary N) is 1. The highest BCUT2D eigenvalue weighted by Crippen LogP contribution is 2.19. The molecule has 1 heterocycles. The molecule has 1 N–H and O–H groups in total. The van der Waals surface area contributed by atoms with Crippen LogP contribution in [-0.2, 0) is 13.6 Å². The summed E-state index contributed by atoms with van der Waals surface area (Å²) in [6, 6.07) is 8.19. The molecule has 0 unspecified atom stereocenters. The van der Waals surface area contributed by atoms with E-state index < -0.39 is 5.95 Å². The normalized spacial score (nSPS) is 10.8. The lowest BCUT2D eigenvalue weighted by atomic mass is 9.97. The smallest absolute Gasteiger partial charge is 0.242 e. The molecule has 106 valence electrons. The van der Waals surface area contributed by atoms with Crippen molar-refractivity contribution in [3.63, 3.8) is 0 Å². The lowest BCUT2D eigenvalue weighted by Crippen LogP contribution is -2.23. The van der Waals surface area contributed by atoms with Gasteiger partial charge in [-0.05, 0) is 17.0 Å². The maximum Gasteiger partial charge on any atom is 0.242 e. The average Bonchev–Trinajstić information content (AvgIpc) is 2.75. The number of benzene rings is 1. The van der Waals surface area contributed by atoms with Crippen molar-refractivity contribution in [2.24, 2.45) is 7.05 Å². The molecule has 0 aliphatic heterocycles. The molecular weight excluding hydrogens is 273 g/mol. The van der Waals surface area contributed by atoms with Gasteiger partial charge in [-0.25, -0.2) is 0 Å². The summed E-state index contributed by atoms with van der Waals surface area (Å²) in [5.74, 6) is -0.0983. The molecule has 0 atom stereocenters. The number of aryl methyl sites for hydroxylation is 1. The second kappa shape index (κ2) is 6.13. The van der Waals surface area contributed by atoms with E-state index in [9.17, 15) is 4.39 Å². The monoisotopic (exact) mass is 291 g/mol. The number of nitrogens with zero attached hydrogens (tertiary/aromatic N) is 2. The van der Waals surface area contributed by atoms with E-state index in [1.807, 2.05) is 12.1 Å². The first-order valence-corrected chi connectivity index (χ1v) is 6.95. The Hall–Kier alpha value is -1.75. The SMILES string of the molecule is CC(C)c1ccccc1CNC(=S)c1cn(C)nc1F. The van der Waals surface area contributed by atoms with Crippen LogP contribution >= 0.6 is 12.2 Å². The third kappa shape index (κ3) is 3.22. The summed E-state index contributed by atoms with van der Waals surface area (Å²) >= 11 is 5.23. The fraction of sp³-hybridized carbons (Fsp3) is 0.333. The Morgan fingerprint density at radius 2 is 2.10 bits per heavy atom. The number of hydrogen-bond donors (Lipinski definition) is 1. The standard InChI is InChI=1S/C15H18FN3S/c1-10(2)12-7-5-4-6-11(12)8-17-15(20)13-9-19(3)18-14(13)16/h4-7,9-10H,8H2,1-3H3,(H,17,20). The van der Waals surface area contributed by atoms with E-state index in [4.69, 9.17) is 12.2 Å². The number of aromatic nitrogens is 2. The second-order valence-electron chi connectivity index (χ2n) is 5.04. The van der Waals surface area contributed by atoms with Crippen LogP contribution < -0.4 is 5.32 Å². The van der Waals surface area contributed by atoms with Gasteiger partial charge in [-0.3, -0.25) is 4.68 Å². The Morgan fingerprint density at radius 3 is 2.70 bits per heavy atom. The first-order valence-electron chi connectivity index (χ1n) is 6.54. The van der Waals surface area contributed by atoms with Gasteiger partial charge in [0, 0.05) is 19.8 Å². The minimum Gasteiger partial charge on any atom is -0.372 e. The number of hydrogen-bond acceptors (Lipinski definition) is 2. The summed E-state index contributed by atoms with van der Waals surface area (Å²) in [6.07, 6.45) is 1.58. The van der Waals surface area contributed by atoms with E-state index >= 15 is 0 Å². The van der Waals surface area contributed by atoms with Gasteiger partial charge in [-0.15, -0.1) is 5.10 Å². The van der Waals surface area contributed by atoms with Crippen LogP contribution in [-0.4, -0.2) is 14.8 Å². The predicted octanol–water partition coefficient (Wildman–Crippen LogP) is 3.15. The molecule has 0 spiro atoms. The van der Waals surface area contributed by atoms with Crippen LogP contribution in [0.15, 0.2) is 30.5 Å². The van der Waals surface area contributed by atoms with Crippen LogP contribution in [0.5, 0.6) is 0 Å². The Kier molecular flexibility index (Phi) is 4.49. The molecule has 0 radical (unpaired) electrons. The summed E-state index contributed by atoms with van der Waals surface area (Å²) in [5.41, 5.74) is 2.79. The summed E-state index contributed by atoms with van der Waals surface area (Å²) in [4.78, 5) is 0.383. The van der Waals surface area contributed by atoms with Gasteiger partial charge in [0.2, 0.25) is 5.95 Å². The van der Waals surface area contributed by atoms with Crippen molar-refractivity contribution in [3.8, 4) is 0 Å². The average molecular weight is 291 g/mol. The van der Waals surface area contributed by atoms with Gasteiger partial charge in [0.1, 0.15) is 4.99 Å². The van der Waals surface area contributed by atoms with Gasteiger partial charge in [0.15, 0.2) is 0 Å². The van der Waals surface area contributed by atoms with Gasteiger partial charge in [-0.2, -0.15) is 4.39 Å². The zero-order valence-corrected chi connectivity index (χ0v) is 12.7. The van der Waals surface area contributed by atoms with Crippen molar-refractivity contribution < 1.29 is 4.39 Å². The molecule has 0 amide bonds. The molecule has 20 heavy (non-hydrogen) atoms. The van der Waals surface area contributed by atoms with E-state index in [2.05, 4.69) is 36.4 Å². The van der Waals surface area contributed by atoms with E-state index in [-0.39, 0.29) is 0 Å². The number of rotatable bonds is 4. The van der Waals surface area contributed by atoms with Gasteiger partial charge in [0.25, 0.3) is 0 Å². The van der Waals surface area contributed by atoms with Crippen molar-refractivity contribution in [2.75, 3.05) is 0 Å². The third-order valence-corrected chi connectivity index (χ3v) is 3.51. The van der Waals surface area contributed by atoms with Crippen LogP contribution in [0.4, 0.5) is 4.39 Å².